The predicted molar refractivity (Wildman–Crippen MR) is 100 cm³/mol. The molecule has 0 unspecified atom stereocenters. The maximum absolute atomic E-state index is 13.1. The van der Waals surface area contributed by atoms with E-state index in [2.05, 4.69) is 9.97 Å². The highest BCUT2D eigenvalue weighted by Crippen LogP contribution is 2.31. The highest BCUT2D eigenvalue weighted by Gasteiger charge is 2.28. The third-order valence-corrected chi connectivity index (χ3v) is 4.84. The summed E-state index contributed by atoms with van der Waals surface area (Å²) in [5, 5.41) is 0. The zero-order valence-corrected chi connectivity index (χ0v) is 15.5. The molecular formula is C21H20FN3O3. The van der Waals surface area contributed by atoms with Crippen LogP contribution in [0.15, 0.2) is 53.2 Å². The second-order valence-electron chi connectivity index (χ2n) is 6.83. The SMILES string of the molecule is Cc1ccc(OC(=O)N2CCC(c3ncc(-c4ccc(F)cc4)o3)CC2)cn1. The zero-order valence-electron chi connectivity index (χ0n) is 15.5. The molecule has 0 aliphatic carbocycles. The monoisotopic (exact) mass is 381 g/mol. The van der Waals surface area contributed by atoms with Crippen molar-refractivity contribution in [1.29, 1.82) is 0 Å². The number of benzene rings is 1. The van der Waals surface area contributed by atoms with Gasteiger partial charge in [0, 0.05) is 30.3 Å². The van der Waals surface area contributed by atoms with Crippen LogP contribution in [0.2, 0.25) is 0 Å². The van der Waals surface area contributed by atoms with Crippen LogP contribution < -0.4 is 4.74 Å². The first-order valence-corrected chi connectivity index (χ1v) is 9.19. The van der Waals surface area contributed by atoms with Crippen molar-refractivity contribution < 1.29 is 18.3 Å². The van der Waals surface area contributed by atoms with E-state index in [0.29, 0.717) is 30.5 Å². The fourth-order valence-corrected chi connectivity index (χ4v) is 3.21. The molecule has 0 N–H and O–H groups in total. The molecule has 0 spiro atoms. The summed E-state index contributed by atoms with van der Waals surface area (Å²) in [6.45, 7) is 3.01. The second-order valence-corrected chi connectivity index (χ2v) is 6.83. The maximum atomic E-state index is 13.1. The number of nitrogens with zero attached hydrogens (tertiary/aromatic N) is 3. The van der Waals surface area contributed by atoms with E-state index >= 15 is 0 Å². The Morgan fingerprint density at radius 1 is 1.11 bits per heavy atom. The first-order chi connectivity index (χ1) is 13.6. The number of pyridine rings is 1. The summed E-state index contributed by atoms with van der Waals surface area (Å²) >= 11 is 0. The van der Waals surface area contributed by atoms with Gasteiger partial charge in [-0.2, -0.15) is 0 Å². The average molecular weight is 381 g/mol. The quantitative estimate of drug-likeness (QED) is 0.665. The summed E-state index contributed by atoms with van der Waals surface area (Å²) in [5.41, 5.74) is 1.65. The van der Waals surface area contributed by atoms with Gasteiger partial charge < -0.3 is 14.1 Å². The number of amides is 1. The molecule has 0 saturated carbocycles. The van der Waals surface area contributed by atoms with Crippen LogP contribution in [0.1, 0.15) is 30.3 Å². The molecule has 4 rings (SSSR count). The number of aryl methyl sites for hydroxylation is 1. The highest BCUT2D eigenvalue weighted by atomic mass is 19.1. The molecule has 0 atom stereocenters. The van der Waals surface area contributed by atoms with Gasteiger partial charge in [-0.25, -0.2) is 14.2 Å². The van der Waals surface area contributed by atoms with Crippen LogP contribution >= 0.6 is 0 Å². The van der Waals surface area contributed by atoms with Crippen LogP contribution in [-0.2, 0) is 0 Å². The summed E-state index contributed by atoms with van der Waals surface area (Å²) in [7, 11) is 0. The number of oxazole rings is 1. The Labute approximate surface area is 162 Å². The summed E-state index contributed by atoms with van der Waals surface area (Å²) in [6.07, 6.45) is 4.32. The van der Waals surface area contributed by atoms with Crippen LogP contribution in [0.25, 0.3) is 11.3 Å². The third-order valence-electron chi connectivity index (χ3n) is 4.84. The van der Waals surface area contributed by atoms with Crippen molar-refractivity contribution in [2.24, 2.45) is 0 Å². The number of hydrogen-bond acceptors (Lipinski definition) is 5. The van der Waals surface area contributed by atoms with E-state index in [-0.39, 0.29) is 17.8 Å². The summed E-state index contributed by atoms with van der Waals surface area (Å²) in [5.74, 6) is 1.55. The number of likely N-dealkylation sites (tertiary alicyclic amines) is 1. The molecule has 2 aromatic heterocycles. The zero-order chi connectivity index (χ0) is 19.5. The van der Waals surface area contributed by atoms with Gasteiger partial charge in [-0.3, -0.25) is 4.98 Å². The molecule has 1 fully saturated rings. The third kappa shape index (κ3) is 4.03. The van der Waals surface area contributed by atoms with Gasteiger partial charge in [0.15, 0.2) is 17.4 Å². The van der Waals surface area contributed by atoms with E-state index < -0.39 is 0 Å². The molecule has 1 amide bonds. The number of carbonyl (C=O) groups excluding carboxylic acids is 1. The number of halogens is 1. The van der Waals surface area contributed by atoms with Gasteiger partial charge in [0.25, 0.3) is 0 Å². The Kier molecular flexibility index (Phi) is 5.06. The van der Waals surface area contributed by atoms with Crippen LogP contribution in [0.5, 0.6) is 5.75 Å². The lowest BCUT2D eigenvalue weighted by molar-refractivity contribution is 0.136. The van der Waals surface area contributed by atoms with E-state index in [0.717, 1.165) is 24.1 Å². The van der Waals surface area contributed by atoms with E-state index in [4.69, 9.17) is 9.15 Å². The minimum absolute atomic E-state index is 0.138. The molecule has 3 heterocycles. The van der Waals surface area contributed by atoms with Crippen LogP contribution in [0, 0.1) is 12.7 Å². The largest absolute Gasteiger partial charge is 0.440 e. The maximum Gasteiger partial charge on any atom is 0.415 e. The van der Waals surface area contributed by atoms with Crippen molar-refractivity contribution in [3.63, 3.8) is 0 Å². The molecule has 1 saturated heterocycles. The molecule has 0 bridgehead atoms. The second kappa shape index (κ2) is 7.80. The van der Waals surface area contributed by atoms with Crippen molar-refractivity contribution in [2.75, 3.05) is 13.1 Å². The van der Waals surface area contributed by atoms with Gasteiger partial charge in [-0.1, -0.05) is 0 Å². The number of carbonyl (C=O) groups is 1. The fraction of sp³-hybridized carbons (Fsp3) is 0.286. The Hall–Kier alpha value is -3.22. The Morgan fingerprint density at radius 3 is 2.54 bits per heavy atom. The minimum atomic E-state index is -0.372. The predicted octanol–water partition coefficient (Wildman–Crippen LogP) is 4.56. The number of rotatable bonds is 3. The number of ether oxygens (including phenoxy) is 1. The van der Waals surface area contributed by atoms with Gasteiger partial charge >= 0.3 is 6.09 Å². The molecule has 1 aliphatic rings. The standard InChI is InChI=1S/C21H20FN3O3/c1-14-2-7-18(12-23-14)27-21(26)25-10-8-16(9-11-25)20-24-13-19(28-20)15-3-5-17(22)6-4-15/h2-7,12-13,16H,8-11H2,1H3. The van der Waals surface area contributed by atoms with Crippen LogP contribution in [0.4, 0.5) is 9.18 Å². The lowest BCUT2D eigenvalue weighted by Crippen LogP contribution is -2.39. The first-order valence-electron chi connectivity index (χ1n) is 9.19. The van der Waals surface area contributed by atoms with Crippen molar-refractivity contribution in [3.05, 3.63) is 66.2 Å². The Morgan fingerprint density at radius 2 is 1.86 bits per heavy atom. The van der Waals surface area contributed by atoms with E-state index in [1.807, 2.05) is 6.92 Å². The fourth-order valence-electron chi connectivity index (χ4n) is 3.21. The molecule has 1 aliphatic heterocycles. The highest BCUT2D eigenvalue weighted by molar-refractivity contribution is 5.70. The van der Waals surface area contributed by atoms with Gasteiger partial charge in [0.1, 0.15) is 5.82 Å². The van der Waals surface area contributed by atoms with Crippen molar-refractivity contribution in [1.82, 2.24) is 14.9 Å². The summed E-state index contributed by atoms with van der Waals surface area (Å²) < 4.78 is 24.3. The van der Waals surface area contributed by atoms with Crippen molar-refractivity contribution in [2.45, 2.75) is 25.7 Å². The number of piperidine rings is 1. The molecule has 144 valence electrons. The van der Waals surface area contributed by atoms with Gasteiger partial charge in [-0.05, 0) is 56.2 Å². The lowest BCUT2D eigenvalue weighted by Gasteiger charge is -2.29. The minimum Gasteiger partial charge on any atom is -0.440 e. The average Bonchev–Trinajstić information content (AvgIpc) is 3.20. The van der Waals surface area contributed by atoms with E-state index in [1.165, 1.54) is 12.1 Å². The summed E-state index contributed by atoms with van der Waals surface area (Å²) in [4.78, 5) is 22.5. The normalized spacial score (nSPS) is 14.9. The lowest BCUT2D eigenvalue weighted by atomic mass is 9.97. The summed E-state index contributed by atoms with van der Waals surface area (Å²) in [6, 6.07) is 9.65. The van der Waals surface area contributed by atoms with Crippen molar-refractivity contribution >= 4 is 6.09 Å². The number of aromatic nitrogens is 2. The molecule has 7 heteroatoms. The van der Waals surface area contributed by atoms with Gasteiger partial charge in [-0.15, -0.1) is 0 Å². The Balaban J connectivity index is 1.34. The molecule has 1 aromatic carbocycles. The van der Waals surface area contributed by atoms with E-state index in [1.54, 1.807) is 41.6 Å². The first kappa shape index (κ1) is 18.2. The van der Waals surface area contributed by atoms with Gasteiger partial charge in [0.2, 0.25) is 0 Å². The molecular weight excluding hydrogens is 361 g/mol. The number of hydrogen-bond donors (Lipinski definition) is 0. The van der Waals surface area contributed by atoms with E-state index in [9.17, 15) is 9.18 Å². The molecule has 3 aromatic rings. The van der Waals surface area contributed by atoms with Gasteiger partial charge in [0.05, 0.1) is 12.4 Å². The van der Waals surface area contributed by atoms with Crippen LogP contribution in [-0.4, -0.2) is 34.1 Å². The molecule has 6 nitrogen and oxygen atoms in total. The Bertz CT molecular complexity index is 946. The molecule has 28 heavy (non-hydrogen) atoms. The topological polar surface area (TPSA) is 68.5 Å². The smallest absolute Gasteiger partial charge is 0.415 e. The van der Waals surface area contributed by atoms with Crippen molar-refractivity contribution in [3.8, 4) is 17.1 Å². The van der Waals surface area contributed by atoms with Crippen LogP contribution in [0.3, 0.4) is 0 Å². The molecule has 0 radical (unpaired) electrons.